The zero-order valence-electron chi connectivity index (χ0n) is 12.8. The van der Waals surface area contributed by atoms with Gasteiger partial charge in [-0.15, -0.1) is 0 Å². The summed E-state index contributed by atoms with van der Waals surface area (Å²) in [6, 6.07) is 11.6. The maximum Gasteiger partial charge on any atom is 0.280 e. The van der Waals surface area contributed by atoms with E-state index in [-0.39, 0.29) is 11.7 Å². The Hall–Kier alpha value is -2.53. The highest BCUT2D eigenvalue weighted by atomic mass is 35.5. The summed E-state index contributed by atoms with van der Waals surface area (Å²) in [4.78, 5) is 12.0. The standard InChI is InChI=1S/C17H17ClN2O3/c1-11-9-14(18)5-8-16(11)23-12(2)17(22)20-19-10-13-3-6-15(21)7-4-13/h3-10,12,21H,1-2H3,(H,20,22)/t12-/m0/s1. The lowest BCUT2D eigenvalue weighted by atomic mass is 10.2. The summed E-state index contributed by atoms with van der Waals surface area (Å²) in [5.74, 6) is 0.403. The van der Waals surface area contributed by atoms with E-state index in [9.17, 15) is 9.90 Å². The Bertz CT molecular complexity index is 714. The smallest absolute Gasteiger partial charge is 0.280 e. The highest BCUT2D eigenvalue weighted by Crippen LogP contribution is 2.22. The first-order valence-corrected chi connectivity index (χ1v) is 7.38. The first-order valence-electron chi connectivity index (χ1n) is 7.00. The van der Waals surface area contributed by atoms with Crippen LogP contribution in [0.1, 0.15) is 18.1 Å². The van der Waals surface area contributed by atoms with Crippen molar-refractivity contribution in [1.82, 2.24) is 5.43 Å². The van der Waals surface area contributed by atoms with Gasteiger partial charge >= 0.3 is 0 Å². The lowest BCUT2D eigenvalue weighted by Crippen LogP contribution is -2.33. The Kier molecular flexibility index (Phi) is 5.60. The number of aromatic hydroxyl groups is 1. The summed E-state index contributed by atoms with van der Waals surface area (Å²) in [5.41, 5.74) is 4.02. The molecule has 0 radical (unpaired) electrons. The summed E-state index contributed by atoms with van der Waals surface area (Å²) in [6.07, 6.45) is 0.782. The molecule has 0 bridgehead atoms. The monoisotopic (exact) mass is 332 g/mol. The van der Waals surface area contributed by atoms with Crippen molar-refractivity contribution in [3.8, 4) is 11.5 Å². The average molecular weight is 333 g/mol. The Labute approximate surface area is 139 Å². The minimum Gasteiger partial charge on any atom is -0.508 e. The second-order valence-electron chi connectivity index (χ2n) is 5.00. The van der Waals surface area contributed by atoms with Crippen LogP contribution in [0.3, 0.4) is 0 Å². The number of rotatable bonds is 5. The van der Waals surface area contributed by atoms with E-state index >= 15 is 0 Å². The molecule has 0 aromatic heterocycles. The SMILES string of the molecule is Cc1cc(Cl)ccc1O[C@@H](C)C(=O)NN=Cc1ccc(O)cc1. The molecule has 0 fully saturated rings. The van der Waals surface area contributed by atoms with Crippen molar-refractivity contribution in [3.05, 3.63) is 58.6 Å². The second kappa shape index (κ2) is 7.65. The van der Waals surface area contributed by atoms with E-state index in [4.69, 9.17) is 16.3 Å². The third-order valence-corrected chi connectivity index (χ3v) is 3.33. The number of hydrogen-bond acceptors (Lipinski definition) is 4. The number of hydrazone groups is 1. The van der Waals surface area contributed by atoms with Crippen molar-refractivity contribution < 1.29 is 14.6 Å². The van der Waals surface area contributed by atoms with Gasteiger partial charge in [-0.2, -0.15) is 5.10 Å². The predicted octanol–water partition coefficient (Wildman–Crippen LogP) is 3.27. The third kappa shape index (κ3) is 5.00. The van der Waals surface area contributed by atoms with Crippen molar-refractivity contribution in [2.75, 3.05) is 0 Å². The molecule has 0 unspecified atom stereocenters. The van der Waals surface area contributed by atoms with Crippen molar-refractivity contribution in [2.24, 2.45) is 5.10 Å². The minimum atomic E-state index is -0.702. The van der Waals surface area contributed by atoms with Crippen molar-refractivity contribution in [3.63, 3.8) is 0 Å². The van der Waals surface area contributed by atoms with Crippen molar-refractivity contribution >= 4 is 23.7 Å². The van der Waals surface area contributed by atoms with E-state index in [1.54, 1.807) is 37.3 Å². The Morgan fingerprint density at radius 2 is 2.00 bits per heavy atom. The van der Waals surface area contributed by atoms with Crippen LogP contribution in [0.5, 0.6) is 11.5 Å². The fourth-order valence-electron chi connectivity index (χ4n) is 1.81. The zero-order valence-corrected chi connectivity index (χ0v) is 13.5. The quantitative estimate of drug-likeness (QED) is 0.652. The van der Waals surface area contributed by atoms with Gasteiger partial charge in [0.25, 0.3) is 5.91 Å². The van der Waals surface area contributed by atoms with Gasteiger partial charge in [-0.3, -0.25) is 4.79 Å². The van der Waals surface area contributed by atoms with Gasteiger partial charge < -0.3 is 9.84 Å². The number of halogens is 1. The number of carbonyl (C=O) groups excluding carboxylic acids is 1. The lowest BCUT2D eigenvalue weighted by molar-refractivity contribution is -0.127. The molecule has 0 saturated heterocycles. The molecule has 0 aliphatic rings. The van der Waals surface area contributed by atoms with Gasteiger partial charge in [0.15, 0.2) is 6.10 Å². The van der Waals surface area contributed by atoms with Crippen LogP contribution in [0.4, 0.5) is 0 Å². The Morgan fingerprint density at radius 1 is 1.30 bits per heavy atom. The Morgan fingerprint density at radius 3 is 2.65 bits per heavy atom. The first kappa shape index (κ1) is 16.8. The molecule has 6 heteroatoms. The van der Waals surface area contributed by atoms with Crippen LogP contribution >= 0.6 is 11.6 Å². The van der Waals surface area contributed by atoms with Crippen LogP contribution in [0.25, 0.3) is 0 Å². The molecule has 0 aliphatic carbocycles. The van der Waals surface area contributed by atoms with E-state index < -0.39 is 6.10 Å². The summed E-state index contributed by atoms with van der Waals surface area (Å²) in [5, 5.41) is 13.7. The number of phenols is 1. The van der Waals surface area contributed by atoms with Gasteiger partial charge in [0.05, 0.1) is 6.21 Å². The molecule has 2 N–H and O–H groups in total. The zero-order chi connectivity index (χ0) is 16.8. The van der Waals surface area contributed by atoms with Crippen molar-refractivity contribution in [1.29, 1.82) is 0 Å². The van der Waals surface area contributed by atoms with Gasteiger partial charge in [0.2, 0.25) is 0 Å². The van der Waals surface area contributed by atoms with Crippen LogP contribution in [-0.4, -0.2) is 23.3 Å². The van der Waals surface area contributed by atoms with Gasteiger partial charge in [0.1, 0.15) is 11.5 Å². The summed E-state index contributed by atoms with van der Waals surface area (Å²) in [7, 11) is 0. The van der Waals surface area contributed by atoms with Crippen LogP contribution in [-0.2, 0) is 4.79 Å². The first-order chi connectivity index (χ1) is 11.0. The fraction of sp³-hybridized carbons (Fsp3) is 0.176. The summed E-state index contributed by atoms with van der Waals surface area (Å²) < 4.78 is 5.60. The van der Waals surface area contributed by atoms with Gasteiger partial charge in [-0.05, 0) is 67.4 Å². The molecule has 1 atom stereocenters. The molecule has 2 aromatic rings. The van der Waals surface area contributed by atoms with Crippen LogP contribution in [0, 0.1) is 6.92 Å². The molecule has 0 spiro atoms. The fourth-order valence-corrected chi connectivity index (χ4v) is 2.04. The third-order valence-electron chi connectivity index (χ3n) is 3.09. The number of amides is 1. The molecule has 5 nitrogen and oxygen atoms in total. The lowest BCUT2D eigenvalue weighted by Gasteiger charge is -2.14. The van der Waals surface area contributed by atoms with E-state index in [0.29, 0.717) is 10.8 Å². The molecule has 0 heterocycles. The molecule has 2 rings (SSSR count). The number of hydrogen-bond donors (Lipinski definition) is 2. The highest BCUT2D eigenvalue weighted by molar-refractivity contribution is 6.30. The largest absolute Gasteiger partial charge is 0.508 e. The number of nitrogens with one attached hydrogen (secondary N) is 1. The number of ether oxygens (including phenoxy) is 1. The number of aryl methyl sites for hydroxylation is 1. The average Bonchev–Trinajstić information content (AvgIpc) is 2.51. The van der Waals surface area contributed by atoms with E-state index in [1.807, 2.05) is 6.92 Å². The number of phenolic OH excluding ortho intramolecular Hbond substituents is 1. The predicted molar refractivity (Wildman–Crippen MR) is 90.1 cm³/mol. The molecular formula is C17H17ClN2O3. The molecule has 2 aromatic carbocycles. The molecule has 0 saturated carbocycles. The molecule has 0 aliphatic heterocycles. The normalized spacial score (nSPS) is 12.1. The van der Waals surface area contributed by atoms with Crippen LogP contribution in [0.2, 0.25) is 5.02 Å². The maximum atomic E-state index is 12.0. The molecule has 1 amide bonds. The minimum absolute atomic E-state index is 0.173. The summed E-state index contributed by atoms with van der Waals surface area (Å²) in [6.45, 7) is 3.49. The van der Waals surface area contributed by atoms with Gasteiger partial charge in [-0.1, -0.05) is 11.6 Å². The van der Waals surface area contributed by atoms with Crippen LogP contribution < -0.4 is 10.2 Å². The second-order valence-corrected chi connectivity index (χ2v) is 5.43. The summed E-state index contributed by atoms with van der Waals surface area (Å²) >= 11 is 5.88. The number of carbonyl (C=O) groups is 1. The molecule has 23 heavy (non-hydrogen) atoms. The topological polar surface area (TPSA) is 70.9 Å². The maximum absolute atomic E-state index is 12.0. The van der Waals surface area contributed by atoms with Crippen LogP contribution in [0.15, 0.2) is 47.6 Å². The highest BCUT2D eigenvalue weighted by Gasteiger charge is 2.15. The van der Waals surface area contributed by atoms with Gasteiger partial charge in [0, 0.05) is 5.02 Å². The molecule has 120 valence electrons. The number of benzene rings is 2. The van der Waals surface area contributed by atoms with E-state index in [2.05, 4.69) is 10.5 Å². The Balaban J connectivity index is 1.90. The van der Waals surface area contributed by atoms with Crippen molar-refractivity contribution in [2.45, 2.75) is 20.0 Å². The van der Waals surface area contributed by atoms with Gasteiger partial charge in [-0.25, -0.2) is 5.43 Å². The number of nitrogens with zero attached hydrogens (tertiary/aromatic N) is 1. The molecular weight excluding hydrogens is 316 g/mol. The van der Waals surface area contributed by atoms with E-state index in [1.165, 1.54) is 18.3 Å². The van der Waals surface area contributed by atoms with E-state index in [0.717, 1.165) is 11.1 Å².